The number of imidazole rings is 1. The molecule has 1 N–H and O–H groups in total. The largest absolute Gasteiger partial charge is 0.494 e. The minimum absolute atomic E-state index is 0.266. The molecule has 3 nitrogen and oxygen atoms in total. The van der Waals surface area contributed by atoms with Gasteiger partial charge in [-0.15, -0.1) is 0 Å². The van der Waals surface area contributed by atoms with E-state index >= 15 is 0 Å². The molecule has 0 amide bonds. The lowest BCUT2D eigenvalue weighted by Crippen LogP contribution is -2.22. The van der Waals surface area contributed by atoms with Gasteiger partial charge in [0.15, 0.2) is 16.3 Å². The fourth-order valence-corrected chi connectivity index (χ4v) is 3.68. The molecule has 5 heteroatoms. The molecule has 3 rings (SSSR count). The highest BCUT2D eigenvalue weighted by atomic mass is 32.1. The molecule has 1 aromatic carbocycles. The minimum atomic E-state index is -0.362. The quantitative estimate of drug-likeness (QED) is 0.835. The van der Waals surface area contributed by atoms with E-state index in [0.29, 0.717) is 16.6 Å². The summed E-state index contributed by atoms with van der Waals surface area (Å²) in [6.07, 6.45) is 5.16. The maximum atomic E-state index is 13.8. The van der Waals surface area contributed by atoms with Crippen molar-refractivity contribution >= 4 is 23.3 Å². The summed E-state index contributed by atoms with van der Waals surface area (Å²) >= 11 is 5.43. The normalized spacial score (nSPS) is 22.6. The average molecular weight is 308 g/mol. The van der Waals surface area contributed by atoms with Crippen LogP contribution in [0.5, 0.6) is 5.75 Å². The van der Waals surface area contributed by atoms with Gasteiger partial charge in [-0.1, -0.05) is 26.2 Å². The Morgan fingerprint density at radius 3 is 2.86 bits per heavy atom. The van der Waals surface area contributed by atoms with E-state index in [4.69, 9.17) is 17.0 Å². The molecule has 1 aliphatic carbocycles. The molecule has 1 aromatic heterocycles. The van der Waals surface area contributed by atoms with E-state index < -0.39 is 0 Å². The number of nitrogens with zero attached hydrogens (tertiary/aromatic N) is 1. The van der Waals surface area contributed by atoms with Crippen molar-refractivity contribution in [3.05, 3.63) is 22.7 Å². The number of benzene rings is 1. The summed E-state index contributed by atoms with van der Waals surface area (Å²) in [6, 6.07) is 3.20. The Morgan fingerprint density at radius 2 is 2.14 bits per heavy atom. The number of halogens is 1. The zero-order valence-corrected chi connectivity index (χ0v) is 13.3. The number of methoxy groups -OCH3 is 1. The van der Waals surface area contributed by atoms with Gasteiger partial charge in [-0.2, -0.15) is 0 Å². The Hall–Kier alpha value is -1.36. The van der Waals surface area contributed by atoms with Gasteiger partial charge >= 0.3 is 0 Å². The molecule has 21 heavy (non-hydrogen) atoms. The predicted molar refractivity (Wildman–Crippen MR) is 84.8 cm³/mol. The van der Waals surface area contributed by atoms with Gasteiger partial charge in [0.1, 0.15) is 0 Å². The second-order valence-electron chi connectivity index (χ2n) is 6.07. The van der Waals surface area contributed by atoms with E-state index in [-0.39, 0.29) is 11.6 Å². The van der Waals surface area contributed by atoms with Gasteiger partial charge in [0.2, 0.25) is 0 Å². The van der Waals surface area contributed by atoms with Crippen molar-refractivity contribution in [2.45, 2.75) is 39.2 Å². The number of hydrogen-bond acceptors (Lipinski definition) is 2. The highest BCUT2D eigenvalue weighted by Gasteiger charge is 2.23. The zero-order chi connectivity index (χ0) is 15.0. The molecule has 2 aromatic rings. The predicted octanol–water partition coefficient (Wildman–Crippen LogP) is 4.67. The van der Waals surface area contributed by atoms with Crippen molar-refractivity contribution in [3.63, 3.8) is 0 Å². The van der Waals surface area contributed by atoms with E-state index in [0.717, 1.165) is 17.6 Å². The van der Waals surface area contributed by atoms with Crippen LogP contribution in [0.4, 0.5) is 4.39 Å². The Labute approximate surface area is 129 Å². The van der Waals surface area contributed by atoms with Crippen LogP contribution in [0.1, 0.15) is 32.6 Å². The number of aromatic amines is 1. The Bertz CT molecular complexity index is 706. The summed E-state index contributed by atoms with van der Waals surface area (Å²) in [5, 5.41) is 0. The molecule has 0 radical (unpaired) electrons. The van der Waals surface area contributed by atoms with Crippen molar-refractivity contribution in [1.29, 1.82) is 0 Å². The van der Waals surface area contributed by atoms with Gasteiger partial charge in [0.25, 0.3) is 0 Å². The van der Waals surface area contributed by atoms with Crippen molar-refractivity contribution in [1.82, 2.24) is 9.55 Å². The second kappa shape index (κ2) is 5.79. The number of nitrogens with one attached hydrogen (secondary N) is 1. The fourth-order valence-electron chi connectivity index (χ4n) is 3.39. The van der Waals surface area contributed by atoms with Crippen LogP contribution in [0.25, 0.3) is 11.0 Å². The van der Waals surface area contributed by atoms with Crippen LogP contribution >= 0.6 is 12.2 Å². The van der Waals surface area contributed by atoms with Crippen LogP contribution in [-0.4, -0.2) is 16.7 Å². The van der Waals surface area contributed by atoms with Crippen LogP contribution in [-0.2, 0) is 6.54 Å². The first-order valence-electron chi connectivity index (χ1n) is 7.56. The van der Waals surface area contributed by atoms with E-state index in [9.17, 15) is 4.39 Å². The Balaban J connectivity index is 2.01. The summed E-state index contributed by atoms with van der Waals surface area (Å²) < 4.78 is 21.6. The van der Waals surface area contributed by atoms with Gasteiger partial charge < -0.3 is 14.3 Å². The number of hydrogen-bond donors (Lipinski definition) is 1. The molecule has 114 valence electrons. The smallest absolute Gasteiger partial charge is 0.178 e. The molecular formula is C16H21FN2OS. The first kappa shape index (κ1) is 14.6. The molecule has 2 unspecified atom stereocenters. The van der Waals surface area contributed by atoms with Crippen LogP contribution in [0, 0.1) is 22.4 Å². The lowest BCUT2D eigenvalue weighted by Gasteiger charge is -2.29. The molecular weight excluding hydrogens is 287 g/mol. The van der Waals surface area contributed by atoms with E-state index in [2.05, 4.69) is 16.5 Å². The van der Waals surface area contributed by atoms with Crippen molar-refractivity contribution in [2.75, 3.05) is 7.11 Å². The van der Waals surface area contributed by atoms with Crippen molar-refractivity contribution in [2.24, 2.45) is 11.8 Å². The average Bonchev–Trinajstić information content (AvgIpc) is 2.75. The summed E-state index contributed by atoms with van der Waals surface area (Å²) in [5.74, 6) is 1.26. The summed E-state index contributed by atoms with van der Waals surface area (Å²) in [4.78, 5) is 3.11. The summed E-state index contributed by atoms with van der Waals surface area (Å²) in [7, 11) is 1.49. The molecule has 1 aliphatic rings. The standard InChI is InChI=1S/C16H21FN2OS/c1-10-5-3-4-6-11(10)9-19-14-8-15(20-2)12(17)7-13(14)18-16(19)21/h7-8,10-11H,3-6,9H2,1-2H3,(H,18,21). The third-order valence-corrected chi connectivity index (χ3v) is 5.08. The Kier molecular flexibility index (Phi) is 4.02. The third-order valence-electron chi connectivity index (χ3n) is 4.75. The molecule has 2 atom stereocenters. The molecule has 1 heterocycles. The van der Waals surface area contributed by atoms with Gasteiger partial charge in [-0.3, -0.25) is 0 Å². The monoisotopic (exact) mass is 308 g/mol. The highest BCUT2D eigenvalue weighted by Crippen LogP contribution is 2.32. The van der Waals surface area contributed by atoms with Gasteiger partial charge in [0.05, 0.1) is 18.1 Å². The van der Waals surface area contributed by atoms with E-state index in [1.54, 1.807) is 6.07 Å². The maximum absolute atomic E-state index is 13.8. The van der Waals surface area contributed by atoms with E-state index in [1.165, 1.54) is 38.9 Å². The van der Waals surface area contributed by atoms with Crippen LogP contribution in [0.15, 0.2) is 12.1 Å². The molecule has 1 fully saturated rings. The SMILES string of the molecule is COc1cc2c(cc1F)[nH]c(=S)n2CC1CCCCC1C. The number of ether oxygens (including phenoxy) is 1. The first-order valence-corrected chi connectivity index (χ1v) is 7.97. The topological polar surface area (TPSA) is 29.9 Å². The maximum Gasteiger partial charge on any atom is 0.178 e. The number of H-pyrrole nitrogens is 1. The van der Waals surface area contributed by atoms with Crippen LogP contribution in [0.3, 0.4) is 0 Å². The summed E-state index contributed by atoms with van der Waals surface area (Å²) in [6.45, 7) is 3.22. The van der Waals surface area contributed by atoms with Crippen molar-refractivity contribution < 1.29 is 9.13 Å². The fraction of sp³-hybridized carbons (Fsp3) is 0.562. The molecule has 0 bridgehead atoms. The Morgan fingerprint density at radius 1 is 1.38 bits per heavy atom. The van der Waals surface area contributed by atoms with Gasteiger partial charge in [0, 0.05) is 18.7 Å². The highest BCUT2D eigenvalue weighted by molar-refractivity contribution is 7.71. The lowest BCUT2D eigenvalue weighted by molar-refractivity contribution is 0.230. The van der Waals surface area contributed by atoms with E-state index in [1.807, 2.05) is 0 Å². The number of fused-ring (bicyclic) bond motifs is 1. The summed E-state index contributed by atoms with van der Waals surface area (Å²) in [5.41, 5.74) is 1.66. The van der Waals surface area contributed by atoms with Gasteiger partial charge in [-0.05, 0) is 30.5 Å². The van der Waals surface area contributed by atoms with Gasteiger partial charge in [-0.25, -0.2) is 4.39 Å². The molecule has 1 saturated carbocycles. The number of rotatable bonds is 3. The van der Waals surface area contributed by atoms with Crippen molar-refractivity contribution in [3.8, 4) is 5.75 Å². The van der Waals surface area contributed by atoms with Crippen LogP contribution < -0.4 is 4.74 Å². The lowest BCUT2D eigenvalue weighted by atomic mass is 9.80. The second-order valence-corrected chi connectivity index (χ2v) is 6.45. The van der Waals surface area contributed by atoms with Crippen LogP contribution in [0.2, 0.25) is 0 Å². The zero-order valence-electron chi connectivity index (χ0n) is 12.5. The number of aromatic nitrogens is 2. The minimum Gasteiger partial charge on any atom is -0.494 e. The molecule has 0 spiro atoms. The molecule has 0 saturated heterocycles. The first-order chi connectivity index (χ1) is 10.1. The molecule has 0 aliphatic heterocycles. The third kappa shape index (κ3) is 2.71.